The normalized spacial score (nSPS) is 10.7. The molecule has 0 unspecified atom stereocenters. The third-order valence-electron chi connectivity index (χ3n) is 2.72. The molecular formula is C12H16N4O2S2. The Labute approximate surface area is 124 Å². The van der Waals surface area contributed by atoms with E-state index >= 15 is 0 Å². The summed E-state index contributed by atoms with van der Waals surface area (Å²) in [5, 5.41) is 13.9. The molecular weight excluding hydrogens is 296 g/mol. The number of amides is 1. The van der Waals surface area contributed by atoms with E-state index in [2.05, 4.69) is 22.4 Å². The molecule has 6 nitrogen and oxygen atoms in total. The molecule has 2 aromatic heterocycles. The van der Waals surface area contributed by atoms with E-state index in [1.54, 1.807) is 9.95 Å². The minimum Gasteiger partial charge on any atom is -0.303 e. The van der Waals surface area contributed by atoms with E-state index in [-0.39, 0.29) is 17.2 Å². The summed E-state index contributed by atoms with van der Waals surface area (Å²) < 4.78 is 1.60. The van der Waals surface area contributed by atoms with Crippen molar-refractivity contribution in [3.63, 3.8) is 0 Å². The number of thiazole rings is 1. The maximum Gasteiger partial charge on any atom is 0.307 e. The highest BCUT2D eigenvalue weighted by Crippen LogP contribution is 2.16. The summed E-state index contributed by atoms with van der Waals surface area (Å²) in [6, 6.07) is 0. The van der Waals surface area contributed by atoms with E-state index in [0.29, 0.717) is 11.7 Å². The van der Waals surface area contributed by atoms with Crippen molar-refractivity contribution in [3.8, 4) is 0 Å². The van der Waals surface area contributed by atoms with Gasteiger partial charge in [-0.15, -0.1) is 10.2 Å². The smallest absolute Gasteiger partial charge is 0.303 e. The Balaban J connectivity index is 1.87. The first-order chi connectivity index (χ1) is 9.60. The molecule has 20 heavy (non-hydrogen) atoms. The molecule has 0 radical (unpaired) electrons. The second-order valence-electron chi connectivity index (χ2n) is 4.34. The zero-order chi connectivity index (χ0) is 14.5. The van der Waals surface area contributed by atoms with E-state index in [9.17, 15) is 9.59 Å². The largest absolute Gasteiger partial charge is 0.307 e. The van der Waals surface area contributed by atoms with Crippen LogP contribution in [0.15, 0.2) is 10.2 Å². The third-order valence-corrected chi connectivity index (χ3v) is 4.50. The van der Waals surface area contributed by atoms with Gasteiger partial charge in [0.25, 0.3) is 0 Å². The van der Waals surface area contributed by atoms with Gasteiger partial charge in [-0.05, 0) is 13.3 Å². The molecule has 2 aromatic rings. The average molecular weight is 312 g/mol. The molecule has 0 aliphatic carbocycles. The van der Waals surface area contributed by atoms with Gasteiger partial charge in [-0.25, -0.2) is 0 Å². The zero-order valence-corrected chi connectivity index (χ0v) is 13.0. The summed E-state index contributed by atoms with van der Waals surface area (Å²) in [7, 11) is 0. The Hall–Kier alpha value is -1.54. The molecule has 108 valence electrons. The summed E-state index contributed by atoms with van der Waals surface area (Å²) in [6.07, 6.45) is 2.13. The number of aryl methyl sites for hydroxylation is 2. The SMILES string of the molecule is CCCc1nnc(NC(=O)CCn2c(C)csc2=O)s1. The molecule has 0 atom stereocenters. The molecule has 0 fully saturated rings. The van der Waals surface area contributed by atoms with Gasteiger partial charge in [0.2, 0.25) is 11.0 Å². The molecule has 1 amide bonds. The fourth-order valence-electron chi connectivity index (χ4n) is 1.69. The van der Waals surface area contributed by atoms with Crippen molar-refractivity contribution < 1.29 is 4.79 Å². The first-order valence-corrected chi connectivity index (χ1v) is 8.07. The molecule has 0 aliphatic heterocycles. The van der Waals surface area contributed by atoms with Gasteiger partial charge in [-0.2, -0.15) is 0 Å². The van der Waals surface area contributed by atoms with Gasteiger partial charge in [0.1, 0.15) is 5.01 Å². The van der Waals surface area contributed by atoms with Crippen molar-refractivity contribution in [1.29, 1.82) is 0 Å². The molecule has 0 aromatic carbocycles. The Morgan fingerprint density at radius 1 is 1.45 bits per heavy atom. The number of carbonyl (C=O) groups excluding carboxylic acids is 1. The van der Waals surface area contributed by atoms with Crippen molar-refractivity contribution in [1.82, 2.24) is 14.8 Å². The van der Waals surface area contributed by atoms with Crippen LogP contribution in [0.3, 0.4) is 0 Å². The highest BCUT2D eigenvalue weighted by Gasteiger charge is 2.09. The predicted octanol–water partition coefficient (Wildman–Crippen LogP) is 2.05. The lowest BCUT2D eigenvalue weighted by Crippen LogP contribution is -2.20. The van der Waals surface area contributed by atoms with E-state index < -0.39 is 0 Å². The number of hydrogen-bond acceptors (Lipinski definition) is 6. The fourth-order valence-corrected chi connectivity index (χ4v) is 3.31. The van der Waals surface area contributed by atoms with Crippen LogP contribution in [0.4, 0.5) is 5.13 Å². The lowest BCUT2D eigenvalue weighted by Gasteiger charge is -2.03. The van der Waals surface area contributed by atoms with Gasteiger partial charge in [-0.1, -0.05) is 29.6 Å². The highest BCUT2D eigenvalue weighted by molar-refractivity contribution is 7.15. The number of hydrogen-bond donors (Lipinski definition) is 1. The van der Waals surface area contributed by atoms with Crippen molar-refractivity contribution in [2.45, 2.75) is 39.7 Å². The molecule has 2 heterocycles. The van der Waals surface area contributed by atoms with Gasteiger partial charge in [0.15, 0.2) is 0 Å². The van der Waals surface area contributed by atoms with Crippen molar-refractivity contribution in [2.24, 2.45) is 0 Å². The summed E-state index contributed by atoms with van der Waals surface area (Å²) in [5.74, 6) is -0.151. The van der Waals surface area contributed by atoms with E-state index in [1.165, 1.54) is 11.3 Å². The number of nitrogens with one attached hydrogen (secondary N) is 1. The molecule has 0 saturated carbocycles. The summed E-state index contributed by atoms with van der Waals surface area (Å²) >= 11 is 2.55. The average Bonchev–Trinajstić information content (AvgIpc) is 2.96. The van der Waals surface area contributed by atoms with E-state index in [4.69, 9.17) is 0 Å². The van der Waals surface area contributed by atoms with Gasteiger partial charge in [0.05, 0.1) is 0 Å². The molecule has 2 rings (SSSR count). The van der Waals surface area contributed by atoms with Gasteiger partial charge >= 0.3 is 4.87 Å². The molecule has 0 bridgehead atoms. The van der Waals surface area contributed by atoms with E-state index in [0.717, 1.165) is 34.9 Å². The molecule has 1 N–H and O–H groups in total. The lowest BCUT2D eigenvalue weighted by atomic mass is 10.4. The lowest BCUT2D eigenvalue weighted by molar-refractivity contribution is -0.116. The maximum atomic E-state index is 11.8. The number of aromatic nitrogens is 3. The first kappa shape index (κ1) is 14.9. The third kappa shape index (κ3) is 3.73. The monoisotopic (exact) mass is 312 g/mol. The van der Waals surface area contributed by atoms with Crippen LogP contribution in [0.25, 0.3) is 0 Å². The van der Waals surface area contributed by atoms with Crippen LogP contribution in [0.2, 0.25) is 0 Å². The summed E-state index contributed by atoms with van der Waals surface area (Å²) in [5.41, 5.74) is 0.883. The minimum atomic E-state index is -0.151. The zero-order valence-electron chi connectivity index (χ0n) is 11.4. The predicted molar refractivity (Wildman–Crippen MR) is 80.5 cm³/mol. The van der Waals surface area contributed by atoms with Crippen molar-refractivity contribution >= 4 is 33.7 Å². The second kappa shape index (κ2) is 6.76. The van der Waals surface area contributed by atoms with Gasteiger partial charge in [0, 0.05) is 30.5 Å². The second-order valence-corrected chi connectivity index (χ2v) is 6.23. The minimum absolute atomic E-state index is 0.0311. The fraction of sp³-hybridized carbons (Fsp3) is 0.500. The van der Waals surface area contributed by atoms with Crippen LogP contribution in [-0.2, 0) is 17.8 Å². The Morgan fingerprint density at radius 3 is 2.90 bits per heavy atom. The number of carbonyl (C=O) groups is 1. The highest BCUT2D eigenvalue weighted by atomic mass is 32.1. The van der Waals surface area contributed by atoms with Crippen LogP contribution < -0.4 is 10.2 Å². The Morgan fingerprint density at radius 2 is 2.25 bits per heavy atom. The first-order valence-electron chi connectivity index (χ1n) is 6.37. The van der Waals surface area contributed by atoms with Crippen molar-refractivity contribution in [2.75, 3.05) is 5.32 Å². The topological polar surface area (TPSA) is 76.9 Å². The summed E-state index contributed by atoms with van der Waals surface area (Å²) in [6.45, 7) is 4.32. The van der Waals surface area contributed by atoms with E-state index in [1.807, 2.05) is 6.92 Å². The van der Waals surface area contributed by atoms with Crippen LogP contribution >= 0.6 is 22.7 Å². The van der Waals surface area contributed by atoms with Crippen LogP contribution in [0.1, 0.15) is 30.5 Å². The molecule has 8 heteroatoms. The standard InChI is InChI=1S/C12H16N4O2S2/c1-3-4-10-14-15-11(20-10)13-9(17)5-6-16-8(2)7-19-12(16)18/h7H,3-6H2,1-2H3,(H,13,15,17). The number of anilines is 1. The van der Waals surface area contributed by atoms with Gasteiger partial charge in [-0.3, -0.25) is 9.59 Å². The molecule has 0 saturated heterocycles. The molecule has 0 aliphatic rings. The van der Waals surface area contributed by atoms with Gasteiger partial charge < -0.3 is 9.88 Å². The Bertz CT molecular complexity index is 644. The molecule has 0 spiro atoms. The van der Waals surface area contributed by atoms with Crippen LogP contribution in [0.5, 0.6) is 0 Å². The number of rotatable bonds is 6. The quantitative estimate of drug-likeness (QED) is 0.885. The Kier molecular flexibility index (Phi) is 5.02. The van der Waals surface area contributed by atoms with Crippen LogP contribution in [-0.4, -0.2) is 20.7 Å². The van der Waals surface area contributed by atoms with Crippen LogP contribution in [0, 0.1) is 6.92 Å². The van der Waals surface area contributed by atoms with Crippen molar-refractivity contribution in [3.05, 3.63) is 25.7 Å². The maximum absolute atomic E-state index is 11.8. The number of nitrogens with zero attached hydrogens (tertiary/aromatic N) is 3. The summed E-state index contributed by atoms with van der Waals surface area (Å²) in [4.78, 5) is 23.3.